The molecule has 264 valence electrons. The van der Waals surface area contributed by atoms with Gasteiger partial charge in [0.2, 0.25) is 0 Å². The Labute approximate surface area is 274 Å². The molecule has 0 spiro atoms. The van der Waals surface area contributed by atoms with Crippen LogP contribution < -0.4 is 11.1 Å². The van der Waals surface area contributed by atoms with Crippen molar-refractivity contribution in [1.29, 1.82) is 0 Å². The molecule has 1 aliphatic rings. The van der Waals surface area contributed by atoms with E-state index in [0.29, 0.717) is 55.9 Å². The number of ether oxygens (including phenoxy) is 2. The van der Waals surface area contributed by atoms with Crippen LogP contribution in [0.2, 0.25) is 0 Å². The van der Waals surface area contributed by atoms with Gasteiger partial charge in [-0.2, -0.15) is 0 Å². The van der Waals surface area contributed by atoms with E-state index in [1.54, 1.807) is 24.7 Å². The van der Waals surface area contributed by atoms with Gasteiger partial charge in [0.05, 0.1) is 23.6 Å². The van der Waals surface area contributed by atoms with Gasteiger partial charge >= 0.3 is 7.60 Å². The molecule has 46 heavy (non-hydrogen) atoms. The highest BCUT2D eigenvalue weighted by atomic mass is 31.2. The van der Waals surface area contributed by atoms with Crippen molar-refractivity contribution < 1.29 is 33.7 Å². The maximum atomic E-state index is 13.3. The lowest BCUT2D eigenvalue weighted by Gasteiger charge is -2.40. The minimum atomic E-state index is -4.39. The molecule has 0 aromatic carbocycles. The van der Waals surface area contributed by atoms with Gasteiger partial charge in [0.1, 0.15) is 12.4 Å². The Kier molecular flexibility index (Phi) is 13.2. The third-order valence-corrected chi connectivity index (χ3v) is 12.0. The van der Waals surface area contributed by atoms with Crippen LogP contribution in [0.15, 0.2) is 12.7 Å². The maximum absolute atomic E-state index is 13.3. The summed E-state index contributed by atoms with van der Waals surface area (Å²) < 4.78 is 33.4. The average molecular weight is 671 g/mol. The second-order valence-corrected chi connectivity index (χ2v) is 16.2. The first-order valence-corrected chi connectivity index (χ1v) is 18.4. The Balaban J connectivity index is 1.70. The first-order chi connectivity index (χ1) is 21.5. The minimum Gasteiger partial charge on any atom is -0.388 e. The summed E-state index contributed by atoms with van der Waals surface area (Å²) in [6.07, 6.45) is 5.30. The van der Waals surface area contributed by atoms with Gasteiger partial charge in [-0.3, -0.25) is 13.7 Å². The smallest absolute Gasteiger partial charge is 0.359 e. The molecular weight excluding hydrogens is 611 g/mol. The standard InChI is InChI=1S/C32H59N6O7P/c1-9-31(10-2,45-46(41,42)32(40,11-3)12-4)19-23-18-24(39)28(44-23)38-22-37-25-26(35-21-36-27(25)38)34-20-29(5,6)15-17-43-30(7,8)14-13-16-33/h21-24,28,39-40H,9-20,33H2,1-8H3,(H,41,42)(H,34,35,36). The number of fused-ring (bicyclic) bond motifs is 1. The average Bonchev–Trinajstić information content (AvgIpc) is 3.60. The summed E-state index contributed by atoms with van der Waals surface area (Å²) in [6, 6.07) is 0. The summed E-state index contributed by atoms with van der Waals surface area (Å²) >= 11 is 0. The van der Waals surface area contributed by atoms with Crippen LogP contribution in [-0.2, 0) is 18.6 Å². The molecule has 6 N–H and O–H groups in total. The molecule has 4 atom stereocenters. The fourth-order valence-corrected chi connectivity index (χ4v) is 7.84. The van der Waals surface area contributed by atoms with Crippen molar-refractivity contribution in [2.45, 2.75) is 148 Å². The summed E-state index contributed by atoms with van der Waals surface area (Å²) in [4.78, 5) is 24.3. The molecule has 2 aromatic heterocycles. The van der Waals surface area contributed by atoms with Crippen LogP contribution in [0.1, 0.15) is 119 Å². The van der Waals surface area contributed by atoms with Crippen molar-refractivity contribution in [2.75, 3.05) is 25.0 Å². The normalized spacial score (nSPS) is 21.2. The zero-order valence-electron chi connectivity index (χ0n) is 29.2. The highest BCUT2D eigenvalue weighted by Crippen LogP contribution is 2.61. The summed E-state index contributed by atoms with van der Waals surface area (Å²) in [5.74, 6) is 0.590. The lowest BCUT2D eigenvalue weighted by atomic mass is 9.89. The van der Waals surface area contributed by atoms with Gasteiger partial charge in [0, 0.05) is 26.0 Å². The van der Waals surface area contributed by atoms with E-state index in [4.69, 9.17) is 19.7 Å². The second-order valence-electron chi connectivity index (χ2n) is 14.2. The molecule has 0 saturated carbocycles. The van der Waals surface area contributed by atoms with E-state index in [9.17, 15) is 19.7 Å². The van der Waals surface area contributed by atoms with Gasteiger partial charge in [-0.25, -0.2) is 15.0 Å². The molecule has 1 saturated heterocycles. The molecule has 14 heteroatoms. The molecule has 4 unspecified atom stereocenters. The lowest BCUT2D eigenvalue weighted by molar-refractivity contribution is -0.0698. The number of anilines is 1. The number of nitrogens with two attached hydrogens (primary N) is 1. The van der Waals surface area contributed by atoms with E-state index < -0.39 is 37.0 Å². The van der Waals surface area contributed by atoms with Crippen LogP contribution >= 0.6 is 7.60 Å². The van der Waals surface area contributed by atoms with E-state index in [1.165, 1.54) is 6.33 Å². The Hall–Kier alpha value is -1.70. The molecule has 13 nitrogen and oxygen atoms in total. The highest BCUT2D eigenvalue weighted by molar-refractivity contribution is 7.54. The Morgan fingerprint density at radius 2 is 1.76 bits per heavy atom. The first-order valence-electron chi connectivity index (χ1n) is 16.9. The Morgan fingerprint density at radius 3 is 2.37 bits per heavy atom. The third kappa shape index (κ3) is 9.25. The molecular formula is C32H59N6O7P. The minimum absolute atomic E-state index is 0.0859. The van der Waals surface area contributed by atoms with E-state index >= 15 is 0 Å². The monoisotopic (exact) mass is 670 g/mol. The van der Waals surface area contributed by atoms with Crippen LogP contribution in [0.4, 0.5) is 5.82 Å². The molecule has 0 radical (unpaired) electrons. The molecule has 2 aromatic rings. The van der Waals surface area contributed by atoms with Gasteiger partial charge in [0.25, 0.3) is 0 Å². The van der Waals surface area contributed by atoms with E-state index in [0.717, 1.165) is 19.3 Å². The molecule has 3 rings (SSSR count). The summed E-state index contributed by atoms with van der Waals surface area (Å²) in [5.41, 5.74) is 5.44. The van der Waals surface area contributed by atoms with Crippen molar-refractivity contribution >= 4 is 24.6 Å². The third-order valence-electron chi connectivity index (χ3n) is 9.65. The molecule has 1 fully saturated rings. The fourth-order valence-electron chi connectivity index (χ4n) is 6.01. The van der Waals surface area contributed by atoms with Gasteiger partial charge in [0.15, 0.2) is 28.6 Å². The number of hydrogen-bond acceptors (Lipinski definition) is 11. The van der Waals surface area contributed by atoms with Crippen LogP contribution in [0.5, 0.6) is 0 Å². The number of imidazole rings is 1. The van der Waals surface area contributed by atoms with Gasteiger partial charge < -0.3 is 35.6 Å². The van der Waals surface area contributed by atoms with Crippen LogP contribution in [-0.4, -0.2) is 83.1 Å². The second kappa shape index (κ2) is 15.7. The van der Waals surface area contributed by atoms with E-state index in [2.05, 4.69) is 48.0 Å². The van der Waals surface area contributed by atoms with E-state index in [-0.39, 0.29) is 30.3 Å². The predicted octanol–water partition coefficient (Wildman–Crippen LogP) is 5.50. The zero-order valence-corrected chi connectivity index (χ0v) is 30.1. The van der Waals surface area contributed by atoms with Crippen molar-refractivity contribution in [3.63, 3.8) is 0 Å². The molecule has 0 aliphatic carbocycles. The molecule has 0 amide bonds. The van der Waals surface area contributed by atoms with Crippen LogP contribution in [0, 0.1) is 5.41 Å². The van der Waals surface area contributed by atoms with Gasteiger partial charge in [-0.15, -0.1) is 0 Å². The van der Waals surface area contributed by atoms with Crippen molar-refractivity contribution in [2.24, 2.45) is 11.1 Å². The van der Waals surface area contributed by atoms with Gasteiger partial charge in [-0.05, 0) is 70.8 Å². The van der Waals surface area contributed by atoms with Crippen LogP contribution in [0.3, 0.4) is 0 Å². The topological polar surface area (TPSA) is 187 Å². The first kappa shape index (κ1) is 38.7. The number of aliphatic hydroxyl groups is 2. The predicted molar refractivity (Wildman–Crippen MR) is 179 cm³/mol. The summed E-state index contributed by atoms with van der Waals surface area (Å²) in [6.45, 7) is 17.6. The maximum Gasteiger partial charge on any atom is 0.359 e. The number of aliphatic hydroxyl groups excluding tert-OH is 1. The number of nitrogens with one attached hydrogen (secondary N) is 1. The van der Waals surface area contributed by atoms with Gasteiger partial charge in [-0.1, -0.05) is 41.5 Å². The molecule has 1 aliphatic heterocycles. The van der Waals surface area contributed by atoms with Crippen molar-refractivity contribution in [1.82, 2.24) is 19.5 Å². The van der Waals surface area contributed by atoms with Crippen molar-refractivity contribution in [3.8, 4) is 0 Å². The summed E-state index contributed by atoms with van der Waals surface area (Å²) in [7, 11) is -4.39. The van der Waals surface area contributed by atoms with E-state index in [1.807, 2.05) is 13.8 Å². The SMILES string of the molecule is CCC(CC)(CC1CC(O)C(n2cnc3c(NCC(C)(C)CCOC(C)(C)CCCN)ncnc32)O1)OP(=O)(O)C(O)(CC)CC. The zero-order chi connectivity index (χ0) is 34.4. The number of rotatable bonds is 20. The number of nitrogens with zero attached hydrogens (tertiary/aromatic N) is 4. The van der Waals surface area contributed by atoms with Crippen molar-refractivity contribution in [3.05, 3.63) is 12.7 Å². The van der Waals surface area contributed by atoms with Crippen LogP contribution in [0.25, 0.3) is 11.2 Å². The number of aromatic nitrogens is 4. The lowest BCUT2D eigenvalue weighted by Crippen LogP contribution is -2.39. The Bertz CT molecular complexity index is 1300. The quantitative estimate of drug-likeness (QED) is 0.112. The molecule has 0 bridgehead atoms. The highest BCUT2D eigenvalue weighted by Gasteiger charge is 2.50. The fraction of sp³-hybridized carbons (Fsp3) is 0.844. The largest absolute Gasteiger partial charge is 0.388 e. The summed E-state index contributed by atoms with van der Waals surface area (Å²) in [5, 5.41) is 23.5. The Morgan fingerprint density at radius 1 is 1.09 bits per heavy atom. The number of hydrogen-bond donors (Lipinski definition) is 5. The molecule has 3 heterocycles.